The molecular weight excluding hydrogens is 809 g/mol. The lowest BCUT2D eigenvalue weighted by Gasteiger charge is -2.20. The highest BCUT2D eigenvalue weighted by atomic mass is 15.0. The normalized spacial score (nSPS) is 12.2. The summed E-state index contributed by atoms with van der Waals surface area (Å²) < 4.78 is 2.44. The summed E-state index contributed by atoms with van der Waals surface area (Å²) in [6.45, 7) is 0. The molecule has 0 radical (unpaired) electrons. The molecule has 0 fully saturated rings. The molecule has 0 N–H and O–H groups in total. The number of aromatic nitrogens is 2. The molecule has 2 heterocycles. The van der Waals surface area contributed by atoms with Crippen LogP contribution in [0.4, 0.5) is 0 Å². The largest absolute Gasteiger partial charge is 0.307 e. The second-order valence-electron chi connectivity index (χ2n) is 18.1. The summed E-state index contributed by atoms with van der Waals surface area (Å²) in [5, 5.41) is 22.8. The fraction of sp³-hybridized carbons (Fsp3) is 0. The van der Waals surface area contributed by atoms with Crippen LogP contribution in [0.1, 0.15) is 0 Å². The van der Waals surface area contributed by atoms with Gasteiger partial charge in [-0.1, -0.05) is 194 Å². The minimum Gasteiger partial charge on any atom is -0.307 e. The van der Waals surface area contributed by atoms with Gasteiger partial charge in [0.15, 0.2) is 0 Å². The van der Waals surface area contributed by atoms with Gasteiger partial charge in [-0.25, -0.2) is 0 Å². The Balaban J connectivity index is 0.995. The average Bonchev–Trinajstić information content (AvgIpc) is 3.74. The Morgan fingerprint density at radius 2 is 0.806 bits per heavy atom. The Labute approximate surface area is 385 Å². The van der Waals surface area contributed by atoms with Crippen LogP contribution in [-0.2, 0) is 0 Å². The first-order chi connectivity index (χ1) is 33.3. The summed E-state index contributed by atoms with van der Waals surface area (Å²) in [5.74, 6) is 0. The van der Waals surface area contributed by atoms with E-state index in [2.05, 4.69) is 222 Å². The second kappa shape index (κ2) is 13.8. The summed E-state index contributed by atoms with van der Waals surface area (Å²) in [5.41, 5.74) is 10.9. The zero-order chi connectivity index (χ0) is 43.7. The third-order valence-corrected chi connectivity index (χ3v) is 14.8. The lowest BCUT2D eigenvalue weighted by atomic mass is 9.83. The van der Waals surface area contributed by atoms with Crippen LogP contribution in [0.25, 0.3) is 147 Å². The van der Waals surface area contributed by atoms with Gasteiger partial charge in [0.1, 0.15) is 0 Å². The van der Waals surface area contributed by atoms with Crippen molar-refractivity contribution in [3.63, 3.8) is 0 Å². The number of hydrogen-bond acceptors (Lipinski definition) is 1. The number of fused-ring (bicyclic) bond motifs is 12. The van der Waals surface area contributed by atoms with Crippen LogP contribution in [0.15, 0.2) is 231 Å². The monoisotopic (exact) mass is 846 g/mol. The first-order valence-electron chi connectivity index (χ1n) is 23.2. The molecule has 0 aliphatic carbocycles. The van der Waals surface area contributed by atoms with Gasteiger partial charge in [0, 0.05) is 22.4 Å². The molecule has 2 aromatic heterocycles. The third kappa shape index (κ3) is 5.07. The average molecular weight is 847 g/mol. The number of pyridine rings is 1. The second-order valence-corrected chi connectivity index (χ2v) is 18.1. The molecule has 0 saturated carbocycles. The number of rotatable bonds is 4. The lowest BCUT2D eigenvalue weighted by molar-refractivity contribution is 1.15. The van der Waals surface area contributed by atoms with Gasteiger partial charge < -0.3 is 4.57 Å². The Morgan fingerprint density at radius 1 is 0.299 bits per heavy atom. The van der Waals surface area contributed by atoms with Gasteiger partial charge >= 0.3 is 0 Å². The van der Waals surface area contributed by atoms with Crippen molar-refractivity contribution in [3.8, 4) is 39.1 Å². The summed E-state index contributed by atoms with van der Waals surface area (Å²) >= 11 is 0. The van der Waals surface area contributed by atoms with E-state index < -0.39 is 0 Å². The number of nitrogens with zero attached hydrogens (tertiary/aromatic N) is 2. The molecule has 0 amide bonds. The van der Waals surface area contributed by atoms with Gasteiger partial charge in [-0.05, 0) is 138 Å². The van der Waals surface area contributed by atoms with Crippen molar-refractivity contribution >= 4 is 108 Å². The standard InChI is InChI=1S/C65H38N2/c1-2-13-39(14-3-1)60-49-20-8-10-22-51(49)63(52-23-11-9-21-50(52)60)56-32-27-41-25-30-53-44(29-24-40-26-31-55(56)62(41)61(40)53)42-28-35-59-58(37-42)57-34-33-54-47-18-5-4-16-45(47)46-17-6-7-19-48(46)64(54)65(57)67(59)43-15-12-36-66-38-43/h1-38H. The van der Waals surface area contributed by atoms with Crippen molar-refractivity contribution in [2.75, 3.05) is 0 Å². The van der Waals surface area contributed by atoms with Crippen molar-refractivity contribution in [1.29, 1.82) is 0 Å². The minimum atomic E-state index is 1.05. The van der Waals surface area contributed by atoms with Crippen molar-refractivity contribution in [2.45, 2.75) is 0 Å². The van der Waals surface area contributed by atoms with E-state index in [1.165, 1.54) is 136 Å². The zero-order valence-electron chi connectivity index (χ0n) is 36.3. The van der Waals surface area contributed by atoms with E-state index in [1.807, 2.05) is 18.5 Å². The molecule has 0 aliphatic heterocycles. The maximum absolute atomic E-state index is 4.64. The summed E-state index contributed by atoms with van der Waals surface area (Å²) in [6.07, 6.45) is 3.85. The Bertz CT molecular complexity index is 4450. The van der Waals surface area contributed by atoms with E-state index in [4.69, 9.17) is 0 Å². The van der Waals surface area contributed by atoms with Gasteiger partial charge in [-0.2, -0.15) is 0 Å². The maximum atomic E-state index is 4.64. The maximum Gasteiger partial charge on any atom is 0.0645 e. The SMILES string of the molecule is c1ccc(-c2c3ccccc3c(-c3ccc4ccc5c(-c6ccc7c(c6)c6ccc8c9ccccc9c9ccccc9c8c6n7-c6cccnc6)ccc6ccc3c4c65)c3ccccc23)cc1. The number of hydrogen-bond donors (Lipinski definition) is 0. The molecule has 15 rings (SSSR count). The predicted molar refractivity (Wildman–Crippen MR) is 286 cm³/mol. The van der Waals surface area contributed by atoms with Crippen LogP contribution in [0.2, 0.25) is 0 Å². The van der Waals surface area contributed by atoms with Crippen LogP contribution in [0, 0.1) is 0 Å². The van der Waals surface area contributed by atoms with E-state index >= 15 is 0 Å². The molecule has 15 aromatic rings. The summed E-state index contributed by atoms with van der Waals surface area (Å²) in [4.78, 5) is 4.64. The van der Waals surface area contributed by atoms with Crippen LogP contribution in [-0.4, -0.2) is 9.55 Å². The van der Waals surface area contributed by atoms with Crippen molar-refractivity contribution in [1.82, 2.24) is 9.55 Å². The molecule has 0 unspecified atom stereocenters. The molecule has 0 aliphatic rings. The van der Waals surface area contributed by atoms with Crippen LogP contribution >= 0.6 is 0 Å². The Hall–Kier alpha value is -8.85. The molecule has 0 bridgehead atoms. The van der Waals surface area contributed by atoms with E-state index in [0.29, 0.717) is 0 Å². The highest BCUT2D eigenvalue weighted by molar-refractivity contribution is 6.34. The van der Waals surface area contributed by atoms with Crippen molar-refractivity contribution < 1.29 is 0 Å². The lowest BCUT2D eigenvalue weighted by Crippen LogP contribution is -1.96. The first-order valence-corrected chi connectivity index (χ1v) is 23.2. The van der Waals surface area contributed by atoms with E-state index in [0.717, 1.165) is 11.2 Å². The van der Waals surface area contributed by atoms with E-state index in [-0.39, 0.29) is 0 Å². The molecule has 67 heavy (non-hydrogen) atoms. The van der Waals surface area contributed by atoms with Crippen LogP contribution in [0.3, 0.4) is 0 Å². The first kappa shape index (κ1) is 36.5. The third-order valence-electron chi connectivity index (χ3n) is 14.8. The smallest absolute Gasteiger partial charge is 0.0645 e. The van der Waals surface area contributed by atoms with Crippen molar-refractivity contribution in [3.05, 3.63) is 231 Å². The van der Waals surface area contributed by atoms with Gasteiger partial charge in [-0.15, -0.1) is 0 Å². The summed E-state index contributed by atoms with van der Waals surface area (Å²) in [6, 6.07) is 81.4. The fourth-order valence-corrected chi connectivity index (χ4v) is 12.0. The number of benzene rings is 13. The molecule has 0 saturated heterocycles. The molecule has 13 aromatic carbocycles. The molecular formula is C65H38N2. The molecule has 2 heteroatoms. The van der Waals surface area contributed by atoms with Gasteiger partial charge in [0.25, 0.3) is 0 Å². The zero-order valence-corrected chi connectivity index (χ0v) is 36.3. The Morgan fingerprint density at radius 3 is 1.45 bits per heavy atom. The molecule has 308 valence electrons. The van der Waals surface area contributed by atoms with Gasteiger partial charge in [0.2, 0.25) is 0 Å². The molecule has 0 spiro atoms. The summed E-state index contributed by atoms with van der Waals surface area (Å²) in [7, 11) is 0. The predicted octanol–water partition coefficient (Wildman–Crippen LogP) is 17.8. The quantitative estimate of drug-likeness (QED) is 0.127. The minimum absolute atomic E-state index is 1.05. The fourth-order valence-electron chi connectivity index (χ4n) is 12.0. The highest BCUT2D eigenvalue weighted by Crippen LogP contribution is 2.49. The van der Waals surface area contributed by atoms with Crippen LogP contribution < -0.4 is 0 Å². The van der Waals surface area contributed by atoms with Crippen LogP contribution in [0.5, 0.6) is 0 Å². The van der Waals surface area contributed by atoms with E-state index in [1.54, 1.807) is 0 Å². The van der Waals surface area contributed by atoms with Gasteiger partial charge in [0.05, 0.1) is 22.9 Å². The van der Waals surface area contributed by atoms with E-state index in [9.17, 15) is 0 Å². The molecule has 2 nitrogen and oxygen atoms in total. The van der Waals surface area contributed by atoms with Gasteiger partial charge in [-0.3, -0.25) is 4.98 Å². The van der Waals surface area contributed by atoms with Crippen molar-refractivity contribution in [2.24, 2.45) is 0 Å². The highest BCUT2D eigenvalue weighted by Gasteiger charge is 2.23. The Kier molecular flexibility index (Phi) is 7.53. The topological polar surface area (TPSA) is 17.8 Å². The molecule has 0 atom stereocenters.